The van der Waals surface area contributed by atoms with Crippen molar-refractivity contribution in [3.05, 3.63) is 0 Å². The molecular weight excluding hydrogens is 241 g/mol. The van der Waals surface area contributed by atoms with Gasteiger partial charge in [0.2, 0.25) is 0 Å². The van der Waals surface area contributed by atoms with Crippen molar-refractivity contribution in [2.75, 3.05) is 26.2 Å². The molecule has 0 radical (unpaired) electrons. The third-order valence-corrected chi connectivity index (χ3v) is 2.17. The molecule has 0 aromatic carbocycles. The van der Waals surface area contributed by atoms with E-state index in [0.717, 1.165) is 39.0 Å². The number of nitrogens with zero attached hydrogens (tertiary/aromatic N) is 1. The number of rotatable bonds is 6. The Morgan fingerprint density at radius 1 is 1.00 bits per heavy atom. The van der Waals surface area contributed by atoms with Gasteiger partial charge in [0.15, 0.2) is 0 Å². The van der Waals surface area contributed by atoms with E-state index >= 15 is 0 Å². The molecule has 0 bridgehead atoms. The van der Waals surface area contributed by atoms with E-state index in [9.17, 15) is 0 Å². The molecule has 3 nitrogen and oxygen atoms in total. The normalized spacial score (nSPS) is 10.8. The van der Waals surface area contributed by atoms with E-state index in [1.807, 2.05) is 0 Å². The Bertz CT molecular complexity index is 62.0. The number of hydrogen-bond donors (Lipinski definition) is 2. The lowest BCUT2D eigenvalue weighted by molar-refractivity contribution is 0.488. The zero-order chi connectivity index (χ0) is 7.82. The topological polar surface area (TPSA) is 55.3 Å². The molecule has 0 aromatic heterocycles. The largest absolute Gasteiger partial charge is 0.330 e. The molecular formula is C6H16IN3. The fourth-order valence-corrected chi connectivity index (χ4v) is 1.32. The van der Waals surface area contributed by atoms with E-state index in [0.29, 0.717) is 0 Å². The maximum absolute atomic E-state index is 5.35. The first-order chi connectivity index (χ1) is 4.81. The van der Waals surface area contributed by atoms with Gasteiger partial charge in [0, 0.05) is 36.0 Å². The smallest absolute Gasteiger partial charge is 0.0201 e. The lowest BCUT2D eigenvalue weighted by Crippen LogP contribution is -2.19. The van der Waals surface area contributed by atoms with E-state index in [1.54, 1.807) is 0 Å². The second kappa shape index (κ2) is 7.71. The van der Waals surface area contributed by atoms with Crippen molar-refractivity contribution in [3.63, 3.8) is 0 Å². The number of nitrogens with two attached hydrogens (primary N) is 2. The summed E-state index contributed by atoms with van der Waals surface area (Å²) in [6.45, 7) is 3.72. The Morgan fingerprint density at radius 3 is 1.70 bits per heavy atom. The highest BCUT2D eigenvalue weighted by molar-refractivity contribution is 14.1. The first-order valence-corrected chi connectivity index (χ1v) is 4.58. The SMILES string of the molecule is NCCCN(I)CCCN. The lowest BCUT2D eigenvalue weighted by atomic mass is 10.4. The molecule has 0 aliphatic heterocycles. The van der Waals surface area contributed by atoms with Crippen LogP contribution in [0.15, 0.2) is 0 Å². The molecule has 0 aliphatic carbocycles. The summed E-state index contributed by atoms with van der Waals surface area (Å²) in [6.07, 6.45) is 2.15. The molecule has 0 unspecified atom stereocenters. The van der Waals surface area contributed by atoms with Gasteiger partial charge in [0.25, 0.3) is 0 Å². The van der Waals surface area contributed by atoms with Crippen molar-refractivity contribution in [1.29, 1.82) is 0 Å². The van der Waals surface area contributed by atoms with E-state index in [-0.39, 0.29) is 0 Å². The van der Waals surface area contributed by atoms with Crippen LogP contribution < -0.4 is 11.5 Å². The Morgan fingerprint density at radius 2 is 1.40 bits per heavy atom. The predicted molar refractivity (Wildman–Crippen MR) is 52.9 cm³/mol. The van der Waals surface area contributed by atoms with Crippen LogP contribution in [-0.2, 0) is 0 Å². The summed E-state index contributed by atoms with van der Waals surface area (Å²) in [5.41, 5.74) is 10.7. The van der Waals surface area contributed by atoms with Gasteiger partial charge in [-0.2, -0.15) is 0 Å². The van der Waals surface area contributed by atoms with Crippen LogP contribution in [0.3, 0.4) is 0 Å². The van der Waals surface area contributed by atoms with Crippen LogP contribution >= 0.6 is 22.9 Å². The van der Waals surface area contributed by atoms with Crippen LogP contribution in [-0.4, -0.2) is 29.3 Å². The summed E-state index contributed by atoms with van der Waals surface area (Å²) < 4.78 is 2.23. The fourth-order valence-electron chi connectivity index (χ4n) is 0.638. The first kappa shape index (κ1) is 10.6. The summed E-state index contributed by atoms with van der Waals surface area (Å²) in [5, 5.41) is 0. The molecule has 0 heterocycles. The summed E-state index contributed by atoms with van der Waals surface area (Å²) in [4.78, 5) is 0. The molecule has 0 fully saturated rings. The highest BCUT2D eigenvalue weighted by Gasteiger charge is 1.96. The molecule has 10 heavy (non-hydrogen) atoms. The maximum atomic E-state index is 5.35. The van der Waals surface area contributed by atoms with Gasteiger partial charge in [-0.25, -0.2) is 3.11 Å². The zero-order valence-electron chi connectivity index (χ0n) is 6.22. The molecule has 62 valence electrons. The van der Waals surface area contributed by atoms with Crippen molar-refractivity contribution in [3.8, 4) is 0 Å². The van der Waals surface area contributed by atoms with Gasteiger partial charge >= 0.3 is 0 Å². The molecule has 0 aliphatic rings. The minimum absolute atomic E-state index is 0.780. The van der Waals surface area contributed by atoms with E-state index in [4.69, 9.17) is 11.5 Å². The van der Waals surface area contributed by atoms with Gasteiger partial charge in [-0.3, -0.25) is 0 Å². The number of halogens is 1. The molecule has 0 amide bonds. The third kappa shape index (κ3) is 6.73. The van der Waals surface area contributed by atoms with Crippen molar-refractivity contribution in [2.24, 2.45) is 11.5 Å². The van der Waals surface area contributed by atoms with E-state index in [1.165, 1.54) is 0 Å². The van der Waals surface area contributed by atoms with Crippen molar-refractivity contribution in [1.82, 2.24) is 3.11 Å². The summed E-state index contributed by atoms with van der Waals surface area (Å²) >= 11 is 2.31. The van der Waals surface area contributed by atoms with Gasteiger partial charge in [0.1, 0.15) is 0 Å². The van der Waals surface area contributed by atoms with Crippen molar-refractivity contribution in [2.45, 2.75) is 12.8 Å². The standard InChI is InChI=1S/C6H16IN3/c7-10(5-1-3-8)6-2-4-9/h1-6,8-9H2. The summed E-state index contributed by atoms with van der Waals surface area (Å²) in [7, 11) is 0. The van der Waals surface area contributed by atoms with E-state index < -0.39 is 0 Å². The zero-order valence-corrected chi connectivity index (χ0v) is 8.38. The monoisotopic (exact) mass is 257 g/mol. The Kier molecular flexibility index (Phi) is 8.18. The quantitative estimate of drug-likeness (QED) is 0.532. The molecule has 0 spiro atoms. The highest BCUT2D eigenvalue weighted by atomic mass is 127. The van der Waals surface area contributed by atoms with Crippen LogP contribution in [0.1, 0.15) is 12.8 Å². The second-order valence-corrected chi connectivity index (χ2v) is 3.56. The van der Waals surface area contributed by atoms with Gasteiger partial charge in [-0.15, -0.1) is 0 Å². The second-order valence-electron chi connectivity index (χ2n) is 2.19. The summed E-state index contributed by atoms with van der Waals surface area (Å²) in [5.74, 6) is 0. The van der Waals surface area contributed by atoms with Crippen molar-refractivity contribution < 1.29 is 0 Å². The minimum atomic E-state index is 0.780. The highest BCUT2D eigenvalue weighted by Crippen LogP contribution is 1.99. The minimum Gasteiger partial charge on any atom is -0.330 e. The van der Waals surface area contributed by atoms with Crippen LogP contribution in [0.25, 0.3) is 0 Å². The van der Waals surface area contributed by atoms with Crippen LogP contribution in [0, 0.1) is 0 Å². The van der Waals surface area contributed by atoms with Crippen LogP contribution in [0.4, 0.5) is 0 Å². The predicted octanol–water partition coefficient (Wildman–Crippen LogP) is 0.336. The molecule has 4 heteroatoms. The Hall–Kier alpha value is 0.610. The van der Waals surface area contributed by atoms with E-state index in [2.05, 4.69) is 26.0 Å². The Labute approximate surface area is 76.6 Å². The molecule has 4 N–H and O–H groups in total. The lowest BCUT2D eigenvalue weighted by Gasteiger charge is -2.11. The summed E-state index contributed by atoms with van der Waals surface area (Å²) in [6, 6.07) is 0. The van der Waals surface area contributed by atoms with Crippen LogP contribution in [0.2, 0.25) is 0 Å². The van der Waals surface area contributed by atoms with Crippen LogP contribution in [0.5, 0.6) is 0 Å². The molecule has 0 atom stereocenters. The molecule has 0 saturated heterocycles. The first-order valence-electron chi connectivity index (χ1n) is 3.62. The molecule has 0 rings (SSSR count). The van der Waals surface area contributed by atoms with Gasteiger partial charge in [-0.1, -0.05) is 0 Å². The Balaban J connectivity index is 3.00. The average molecular weight is 257 g/mol. The van der Waals surface area contributed by atoms with Crippen molar-refractivity contribution >= 4 is 22.9 Å². The third-order valence-electron chi connectivity index (χ3n) is 1.21. The van der Waals surface area contributed by atoms with Gasteiger partial charge in [-0.05, 0) is 25.9 Å². The fraction of sp³-hybridized carbons (Fsp3) is 1.00. The molecule has 0 saturated carbocycles. The maximum Gasteiger partial charge on any atom is 0.0201 e. The van der Waals surface area contributed by atoms with Gasteiger partial charge < -0.3 is 11.5 Å². The molecule has 0 aromatic rings. The number of hydrogen-bond acceptors (Lipinski definition) is 3. The van der Waals surface area contributed by atoms with Gasteiger partial charge in [0.05, 0.1) is 0 Å². The average Bonchev–Trinajstić information content (AvgIpc) is 1.97.